The molecule has 2 aromatic carbocycles. The average Bonchev–Trinajstić information content (AvgIpc) is 2.87. The zero-order valence-corrected chi connectivity index (χ0v) is 10.1. The summed E-state index contributed by atoms with van der Waals surface area (Å²) in [5, 5.41) is 3.36. The Bertz CT molecular complexity index is 952. The minimum atomic E-state index is -0.117. The maximum Gasteiger partial charge on any atom is 0.275 e. The number of aromatic nitrogens is 2. The van der Waals surface area contributed by atoms with Crippen LogP contribution in [0.25, 0.3) is 31.9 Å². The first kappa shape index (κ1) is 9.79. The zero-order chi connectivity index (χ0) is 12.1. The molecule has 0 radical (unpaired) electrons. The lowest BCUT2D eigenvalue weighted by Crippen LogP contribution is -2.05. The predicted molar refractivity (Wildman–Crippen MR) is 75.3 cm³/mol. The van der Waals surface area contributed by atoms with Crippen LogP contribution in [-0.4, -0.2) is 9.97 Å². The van der Waals surface area contributed by atoms with E-state index < -0.39 is 0 Å². The van der Waals surface area contributed by atoms with E-state index in [9.17, 15) is 4.79 Å². The van der Waals surface area contributed by atoms with Crippen LogP contribution in [0.4, 0.5) is 0 Å². The SMILES string of the molecule is O=c1[nH]c2cc3ccccc3cc2c2scnc12. The molecule has 0 fully saturated rings. The summed E-state index contributed by atoms with van der Waals surface area (Å²) in [6.45, 7) is 0. The lowest BCUT2D eigenvalue weighted by molar-refractivity contribution is 1.31. The van der Waals surface area contributed by atoms with E-state index in [0.717, 1.165) is 21.0 Å². The Morgan fingerprint density at radius 3 is 2.72 bits per heavy atom. The Balaban J connectivity index is 2.34. The molecule has 4 rings (SSSR count). The fourth-order valence-electron chi connectivity index (χ4n) is 2.31. The van der Waals surface area contributed by atoms with Crippen molar-refractivity contribution in [3.05, 3.63) is 52.3 Å². The molecule has 0 bridgehead atoms. The molecule has 18 heavy (non-hydrogen) atoms. The van der Waals surface area contributed by atoms with Gasteiger partial charge in [-0.2, -0.15) is 0 Å². The van der Waals surface area contributed by atoms with Gasteiger partial charge in [-0.05, 0) is 22.9 Å². The Morgan fingerprint density at radius 1 is 1.11 bits per heavy atom. The number of rotatable bonds is 0. The van der Waals surface area contributed by atoms with Crippen molar-refractivity contribution in [2.24, 2.45) is 0 Å². The Labute approximate surface area is 106 Å². The van der Waals surface area contributed by atoms with Gasteiger partial charge in [0.15, 0.2) is 0 Å². The zero-order valence-electron chi connectivity index (χ0n) is 9.31. The van der Waals surface area contributed by atoms with Crippen molar-refractivity contribution in [1.82, 2.24) is 9.97 Å². The smallest absolute Gasteiger partial charge is 0.275 e. The van der Waals surface area contributed by atoms with Gasteiger partial charge in [0.25, 0.3) is 5.56 Å². The van der Waals surface area contributed by atoms with Gasteiger partial charge < -0.3 is 4.98 Å². The highest BCUT2D eigenvalue weighted by atomic mass is 32.1. The molecule has 4 heteroatoms. The van der Waals surface area contributed by atoms with Crippen molar-refractivity contribution in [3.8, 4) is 0 Å². The number of benzene rings is 2. The van der Waals surface area contributed by atoms with Gasteiger partial charge in [0.2, 0.25) is 0 Å². The lowest BCUT2D eigenvalue weighted by atomic mass is 10.1. The van der Waals surface area contributed by atoms with Crippen LogP contribution in [0.15, 0.2) is 46.7 Å². The van der Waals surface area contributed by atoms with Gasteiger partial charge in [-0.25, -0.2) is 4.98 Å². The molecule has 86 valence electrons. The third-order valence-electron chi connectivity index (χ3n) is 3.16. The first-order chi connectivity index (χ1) is 8.83. The molecule has 2 heterocycles. The topological polar surface area (TPSA) is 45.8 Å². The van der Waals surface area contributed by atoms with Gasteiger partial charge >= 0.3 is 0 Å². The maximum atomic E-state index is 11.9. The van der Waals surface area contributed by atoms with Crippen LogP contribution in [0, 0.1) is 0 Å². The van der Waals surface area contributed by atoms with E-state index >= 15 is 0 Å². The van der Waals surface area contributed by atoms with Gasteiger partial charge in [0, 0.05) is 5.39 Å². The fourth-order valence-corrected chi connectivity index (χ4v) is 3.13. The summed E-state index contributed by atoms with van der Waals surface area (Å²) in [5.41, 5.74) is 3.00. The molecule has 0 aliphatic carbocycles. The van der Waals surface area contributed by atoms with Crippen molar-refractivity contribution in [2.75, 3.05) is 0 Å². The lowest BCUT2D eigenvalue weighted by Gasteiger charge is -2.02. The molecule has 1 N–H and O–H groups in total. The van der Waals surface area contributed by atoms with Gasteiger partial charge in [-0.3, -0.25) is 4.79 Å². The highest BCUT2D eigenvalue weighted by Crippen LogP contribution is 2.28. The van der Waals surface area contributed by atoms with E-state index in [-0.39, 0.29) is 5.56 Å². The number of fused-ring (bicyclic) bond motifs is 4. The average molecular weight is 252 g/mol. The van der Waals surface area contributed by atoms with Crippen molar-refractivity contribution >= 4 is 43.2 Å². The predicted octanol–water partition coefficient (Wildman–Crippen LogP) is 3.29. The first-order valence-corrected chi connectivity index (χ1v) is 6.49. The van der Waals surface area contributed by atoms with E-state index in [4.69, 9.17) is 0 Å². The van der Waals surface area contributed by atoms with Crippen molar-refractivity contribution in [2.45, 2.75) is 0 Å². The summed E-state index contributed by atoms with van der Waals surface area (Å²) in [4.78, 5) is 18.9. The number of thiazole rings is 1. The molecular formula is C14H8N2OS. The maximum absolute atomic E-state index is 11.9. The Kier molecular flexibility index (Phi) is 1.85. The van der Waals surface area contributed by atoms with E-state index in [0.29, 0.717) is 5.52 Å². The minimum absolute atomic E-state index is 0.117. The highest BCUT2D eigenvalue weighted by Gasteiger charge is 2.08. The van der Waals surface area contributed by atoms with Crippen LogP contribution in [0.5, 0.6) is 0 Å². The second-order valence-corrected chi connectivity index (χ2v) is 5.08. The van der Waals surface area contributed by atoms with Crippen molar-refractivity contribution < 1.29 is 0 Å². The van der Waals surface area contributed by atoms with Crippen LogP contribution in [-0.2, 0) is 0 Å². The molecule has 2 aromatic heterocycles. The van der Waals surface area contributed by atoms with Gasteiger partial charge in [-0.1, -0.05) is 24.3 Å². The van der Waals surface area contributed by atoms with E-state index in [1.807, 2.05) is 24.3 Å². The summed E-state index contributed by atoms with van der Waals surface area (Å²) in [7, 11) is 0. The van der Waals surface area contributed by atoms with Gasteiger partial charge in [-0.15, -0.1) is 11.3 Å². The molecular weight excluding hydrogens is 244 g/mol. The number of aromatic amines is 1. The summed E-state index contributed by atoms with van der Waals surface area (Å²) < 4.78 is 0.958. The summed E-state index contributed by atoms with van der Waals surface area (Å²) in [6.07, 6.45) is 0. The largest absolute Gasteiger partial charge is 0.320 e. The highest BCUT2D eigenvalue weighted by molar-refractivity contribution is 7.17. The fraction of sp³-hybridized carbons (Fsp3) is 0. The second kappa shape index (κ2) is 3.40. The van der Waals surface area contributed by atoms with Crippen LogP contribution in [0.3, 0.4) is 0 Å². The third kappa shape index (κ3) is 1.23. The summed E-state index contributed by atoms with van der Waals surface area (Å²) >= 11 is 1.51. The van der Waals surface area contributed by atoms with Crippen molar-refractivity contribution in [3.63, 3.8) is 0 Å². The molecule has 4 aromatic rings. The quantitative estimate of drug-likeness (QED) is 0.488. The summed E-state index contributed by atoms with van der Waals surface area (Å²) in [5.74, 6) is 0. The molecule has 0 saturated heterocycles. The molecule has 0 aliphatic heterocycles. The minimum Gasteiger partial charge on any atom is -0.320 e. The molecule has 0 unspecified atom stereocenters. The third-order valence-corrected chi connectivity index (χ3v) is 4.02. The molecule has 0 saturated carbocycles. The molecule has 0 aliphatic rings. The Morgan fingerprint density at radius 2 is 1.89 bits per heavy atom. The number of pyridine rings is 1. The second-order valence-electron chi connectivity index (χ2n) is 4.23. The normalized spacial score (nSPS) is 11.6. The first-order valence-electron chi connectivity index (χ1n) is 5.61. The van der Waals surface area contributed by atoms with Crippen LogP contribution >= 0.6 is 11.3 Å². The summed E-state index contributed by atoms with van der Waals surface area (Å²) in [6, 6.07) is 12.3. The number of H-pyrrole nitrogens is 1. The standard InChI is InChI=1S/C14H8N2OS/c17-14-12-13(18-7-15-12)10-5-8-3-1-2-4-9(8)6-11(10)16-14/h1-7H,(H,16,17). The van der Waals surface area contributed by atoms with Crippen LogP contribution in [0.1, 0.15) is 0 Å². The van der Waals surface area contributed by atoms with E-state index in [2.05, 4.69) is 22.1 Å². The number of hydrogen-bond acceptors (Lipinski definition) is 3. The van der Waals surface area contributed by atoms with Crippen LogP contribution < -0.4 is 5.56 Å². The molecule has 0 atom stereocenters. The number of hydrogen-bond donors (Lipinski definition) is 1. The van der Waals surface area contributed by atoms with Gasteiger partial charge in [0.05, 0.1) is 15.7 Å². The molecule has 0 spiro atoms. The monoisotopic (exact) mass is 252 g/mol. The Hall–Kier alpha value is -2.20. The van der Waals surface area contributed by atoms with E-state index in [1.54, 1.807) is 5.51 Å². The van der Waals surface area contributed by atoms with Gasteiger partial charge in [0.1, 0.15) is 5.52 Å². The molecule has 0 amide bonds. The number of nitrogens with zero attached hydrogens (tertiary/aromatic N) is 1. The molecule has 3 nitrogen and oxygen atoms in total. The van der Waals surface area contributed by atoms with Crippen molar-refractivity contribution in [1.29, 1.82) is 0 Å². The van der Waals surface area contributed by atoms with E-state index in [1.165, 1.54) is 16.7 Å². The van der Waals surface area contributed by atoms with Crippen LogP contribution in [0.2, 0.25) is 0 Å². The number of nitrogens with one attached hydrogen (secondary N) is 1.